The number of aryl methyl sites for hydroxylation is 4. The number of ether oxygens (including phenoxy) is 2. The zero-order valence-electron chi connectivity index (χ0n) is 21.2. The number of carbonyl (C=O) groups is 1. The normalized spacial score (nSPS) is 10.8. The third kappa shape index (κ3) is 7.79. The fraction of sp³-hybridized carbons (Fsp3) is 0.323. The molecule has 5 heteroatoms. The Morgan fingerprint density at radius 1 is 0.889 bits per heavy atom. The van der Waals surface area contributed by atoms with Crippen LogP contribution in [0.15, 0.2) is 72.8 Å². The van der Waals surface area contributed by atoms with Gasteiger partial charge in [-0.3, -0.25) is 0 Å². The van der Waals surface area contributed by atoms with E-state index in [-0.39, 0.29) is 25.6 Å². The maximum atomic E-state index is 15.1. The minimum atomic E-state index is -0.420. The summed E-state index contributed by atoms with van der Waals surface area (Å²) in [6.07, 6.45) is 3.89. The Kier molecular flexibility index (Phi) is 10.3. The van der Waals surface area contributed by atoms with Crippen LogP contribution < -0.4 is 4.74 Å². The molecule has 0 saturated heterocycles. The Bertz CT molecular complexity index is 1170. The highest BCUT2D eigenvalue weighted by Gasteiger charge is 2.11. The topological polar surface area (TPSA) is 55.8 Å². The minimum Gasteiger partial charge on any atom is -0.490 e. The average Bonchev–Trinajstić information content (AvgIpc) is 2.89. The lowest BCUT2D eigenvalue weighted by atomic mass is 9.93. The third-order valence-corrected chi connectivity index (χ3v) is 6.06. The molecule has 36 heavy (non-hydrogen) atoms. The summed E-state index contributed by atoms with van der Waals surface area (Å²) in [5.74, 6) is 0.0763. The smallest absolute Gasteiger partial charge is 0.333 e. The summed E-state index contributed by atoms with van der Waals surface area (Å²) in [5, 5.41) is 9.08. The molecule has 0 atom stereocenters. The highest BCUT2D eigenvalue weighted by molar-refractivity contribution is 5.86. The standard InChI is InChI=1S/C31H35FO4/c1-4-26-20-24(6-5-17-33)11-15-28(26)29-16-12-25(21-30(29)32)8-7-23-9-13-27(14-10-23)35-18-19-36-31(34)22(2)3/h9-16,20-21,33H,2,4-8,17-19H2,1,3H3. The maximum Gasteiger partial charge on any atom is 0.333 e. The van der Waals surface area contributed by atoms with Crippen LogP contribution in [-0.2, 0) is 35.2 Å². The molecule has 0 amide bonds. The first kappa shape index (κ1) is 27.2. The number of benzene rings is 3. The second kappa shape index (κ2) is 13.6. The van der Waals surface area contributed by atoms with Gasteiger partial charge < -0.3 is 14.6 Å². The molecule has 0 radical (unpaired) electrons. The first-order valence-corrected chi connectivity index (χ1v) is 12.5. The minimum absolute atomic E-state index is 0.169. The largest absolute Gasteiger partial charge is 0.490 e. The van der Waals surface area contributed by atoms with Gasteiger partial charge in [0, 0.05) is 17.7 Å². The zero-order chi connectivity index (χ0) is 25.9. The van der Waals surface area contributed by atoms with Gasteiger partial charge in [-0.25, -0.2) is 9.18 Å². The molecule has 3 aromatic rings. The number of aliphatic hydroxyl groups is 1. The summed E-state index contributed by atoms with van der Waals surface area (Å²) >= 11 is 0. The molecule has 0 heterocycles. The van der Waals surface area contributed by atoms with Crippen molar-refractivity contribution < 1.29 is 23.8 Å². The van der Waals surface area contributed by atoms with Crippen LogP contribution in [0.1, 0.15) is 42.5 Å². The molecular weight excluding hydrogens is 455 g/mol. The Morgan fingerprint density at radius 3 is 2.17 bits per heavy atom. The number of hydrogen-bond donors (Lipinski definition) is 1. The van der Waals surface area contributed by atoms with Gasteiger partial charge in [-0.1, -0.05) is 56.0 Å². The molecule has 0 fully saturated rings. The summed E-state index contributed by atoms with van der Waals surface area (Å²) < 4.78 is 25.7. The fourth-order valence-electron chi connectivity index (χ4n) is 4.03. The molecule has 0 aliphatic heterocycles. The van der Waals surface area contributed by atoms with E-state index in [0.717, 1.165) is 54.4 Å². The van der Waals surface area contributed by atoms with Crippen molar-refractivity contribution in [1.82, 2.24) is 0 Å². The SMILES string of the molecule is C=C(C)C(=O)OCCOc1ccc(CCc2ccc(-c3ccc(CCCO)cc3CC)c(F)c2)cc1. The quantitative estimate of drug-likeness (QED) is 0.174. The Morgan fingerprint density at radius 2 is 1.53 bits per heavy atom. The van der Waals surface area contributed by atoms with Crippen LogP contribution in [0.4, 0.5) is 4.39 Å². The highest BCUT2D eigenvalue weighted by atomic mass is 19.1. The van der Waals surface area contributed by atoms with Crippen molar-refractivity contribution in [2.45, 2.75) is 46.0 Å². The van der Waals surface area contributed by atoms with E-state index >= 15 is 4.39 Å². The van der Waals surface area contributed by atoms with Crippen LogP contribution >= 0.6 is 0 Å². The van der Waals surface area contributed by atoms with Gasteiger partial charge in [0.25, 0.3) is 0 Å². The summed E-state index contributed by atoms with van der Waals surface area (Å²) in [7, 11) is 0. The number of hydrogen-bond acceptors (Lipinski definition) is 4. The number of carbonyl (C=O) groups excluding carboxylic acids is 1. The molecule has 3 aromatic carbocycles. The molecule has 0 aliphatic rings. The molecule has 0 unspecified atom stereocenters. The Balaban J connectivity index is 1.56. The lowest BCUT2D eigenvalue weighted by molar-refractivity contribution is -0.139. The molecule has 0 spiro atoms. The number of rotatable bonds is 13. The molecular formula is C31H35FO4. The van der Waals surface area contributed by atoms with Gasteiger partial charge in [-0.2, -0.15) is 0 Å². The van der Waals surface area contributed by atoms with Crippen molar-refractivity contribution in [3.8, 4) is 16.9 Å². The maximum absolute atomic E-state index is 15.1. The first-order valence-electron chi connectivity index (χ1n) is 12.5. The van der Waals surface area contributed by atoms with E-state index in [1.807, 2.05) is 48.5 Å². The molecule has 0 aromatic heterocycles. The van der Waals surface area contributed by atoms with Gasteiger partial charge in [0.05, 0.1) is 0 Å². The van der Waals surface area contributed by atoms with E-state index in [1.165, 1.54) is 5.56 Å². The molecule has 3 rings (SSSR count). The predicted octanol–water partition coefficient (Wildman–Crippen LogP) is 6.26. The van der Waals surface area contributed by atoms with Crippen LogP contribution in [0.2, 0.25) is 0 Å². The number of esters is 1. The van der Waals surface area contributed by atoms with Crippen molar-refractivity contribution >= 4 is 5.97 Å². The van der Waals surface area contributed by atoms with Crippen molar-refractivity contribution in [1.29, 1.82) is 0 Å². The summed E-state index contributed by atoms with van der Waals surface area (Å²) in [6, 6.07) is 19.4. The molecule has 4 nitrogen and oxygen atoms in total. The van der Waals surface area contributed by atoms with Crippen molar-refractivity contribution in [2.75, 3.05) is 19.8 Å². The van der Waals surface area contributed by atoms with Crippen LogP contribution in [0.25, 0.3) is 11.1 Å². The molecule has 190 valence electrons. The van der Waals surface area contributed by atoms with E-state index in [9.17, 15) is 4.79 Å². The van der Waals surface area contributed by atoms with Crippen LogP contribution in [-0.4, -0.2) is 30.9 Å². The zero-order valence-corrected chi connectivity index (χ0v) is 21.2. The Labute approximate surface area is 213 Å². The monoisotopic (exact) mass is 490 g/mol. The van der Waals surface area contributed by atoms with Gasteiger partial charge in [0.15, 0.2) is 0 Å². The Hall–Kier alpha value is -3.44. The summed E-state index contributed by atoms with van der Waals surface area (Å²) in [5.41, 5.74) is 6.29. The average molecular weight is 491 g/mol. The lowest BCUT2D eigenvalue weighted by Crippen LogP contribution is -2.12. The second-order valence-electron chi connectivity index (χ2n) is 8.90. The van der Waals surface area contributed by atoms with Gasteiger partial charge in [0.2, 0.25) is 0 Å². The van der Waals surface area contributed by atoms with E-state index in [2.05, 4.69) is 19.6 Å². The van der Waals surface area contributed by atoms with E-state index in [4.69, 9.17) is 14.6 Å². The van der Waals surface area contributed by atoms with Gasteiger partial charge >= 0.3 is 5.97 Å². The number of halogens is 1. The lowest BCUT2D eigenvalue weighted by Gasteiger charge is -2.13. The van der Waals surface area contributed by atoms with Gasteiger partial charge in [-0.05, 0) is 85.0 Å². The molecule has 0 bridgehead atoms. The molecule has 1 N–H and O–H groups in total. The van der Waals surface area contributed by atoms with Gasteiger partial charge in [0.1, 0.15) is 24.8 Å². The molecule has 0 saturated carbocycles. The molecule has 0 aliphatic carbocycles. The summed E-state index contributed by atoms with van der Waals surface area (Å²) in [4.78, 5) is 11.4. The fourth-order valence-corrected chi connectivity index (χ4v) is 4.03. The van der Waals surface area contributed by atoms with E-state index in [0.29, 0.717) is 16.9 Å². The van der Waals surface area contributed by atoms with E-state index < -0.39 is 5.97 Å². The van der Waals surface area contributed by atoms with Crippen molar-refractivity contribution in [3.05, 3.63) is 101 Å². The number of aliphatic hydroxyl groups excluding tert-OH is 1. The predicted molar refractivity (Wildman–Crippen MR) is 142 cm³/mol. The van der Waals surface area contributed by atoms with Crippen LogP contribution in [0.3, 0.4) is 0 Å². The van der Waals surface area contributed by atoms with Crippen LogP contribution in [0, 0.1) is 5.82 Å². The second-order valence-corrected chi connectivity index (χ2v) is 8.90. The first-order chi connectivity index (χ1) is 17.4. The van der Waals surface area contributed by atoms with Crippen LogP contribution in [0.5, 0.6) is 5.75 Å². The van der Waals surface area contributed by atoms with Crippen molar-refractivity contribution in [2.24, 2.45) is 0 Å². The van der Waals surface area contributed by atoms with Crippen molar-refractivity contribution in [3.63, 3.8) is 0 Å². The summed E-state index contributed by atoms with van der Waals surface area (Å²) in [6.45, 7) is 7.84. The van der Waals surface area contributed by atoms with Gasteiger partial charge in [-0.15, -0.1) is 0 Å². The van der Waals surface area contributed by atoms with E-state index in [1.54, 1.807) is 13.0 Å². The highest BCUT2D eigenvalue weighted by Crippen LogP contribution is 2.29. The third-order valence-electron chi connectivity index (χ3n) is 6.06.